The van der Waals surface area contributed by atoms with Crippen LogP contribution < -0.4 is 10.9 Å². The van der Waals surface area contributed by atoms with E-state index in [1.165, 1.54) is 34.2 Å². The lowest BCUT2D eigenvalue weighted by Crippen LogP contribution is -2.41. The van der Waals surface area contributed by atoms with E-state index >= 15 is 0 Å². The maximum absolute atomic E-state index is 13.1. The van der Waals surface area contributed by atoms with Crippen molar-refractivity contribution in [2.24, 2.45) is 0 Å². The van der Waals surface area contributed by atoms with E-state index in [-0.39, 0.29) is 22.8 Å². The lowest BCUT2D eigenvalue weighted by atomic mass is 10.1. The number of rotatable bonds is 5. The van der Waals surface area contributed by atoms with Gasteiger partial charge in [0.1, 0.15) is 4.70 Å². The normalized spacial score (nSPS) is 11.8. The average Bonchev–Trinajstić information content (AvgIpc) is 3.06. The number of thioether (sulfide) groups is 1. The van der Waals surface area contributed by atoms with Gasteiger partial charge in [-0.3, -0.25) is 14.2 Å². The zero-order chi connectivity index (χ0) is 20.5. The molecule has 0 spiro atoms. The molecule has 148 valence electrons. The highest BCUT2D eigenvalue weighted by Crippen LogP contribution is 2.22. The molecule has 3 rings (SSSR count). The van der Waals surface area contributed by atoms with E-state index in [1.54, 1.807) is 4.57 Å². The van der Waals surface area contributed by atoms with Crippen LogP contribution in [-0.4, -0.2) is 26.8 Å². The van der Waals surface area contributed by atoms with Gasteiger partial charge in [-0.25, -0.2) is 4.98 Å². The second-order valence-electron chi connectivity index (χ2n) is 7.93. The summed E-state index contributed by atoms with van der Waals surface area (Å²) in [4.78, 5) is 30.0. The van der Waals surface area contributed by atoms with Crippen LogP contribution >= 0.6 is 23.1 Å². The molecule has 0 unspecified atom stereocenters. The van der Waals surface area contributed by atoms with E-state index < -0.39 is 0 Å². The quantitative estimate of drug-likeness (QED) is 0.503. The Bertz CT molecular complexity index is 1080. The molecule has 3 aromatic rings. The molecule has 7 heteroatoms. The Balaban J connectivity index is 1.94. The molecule has 2 aromatic heterocycles. The lowest BCUT2D eigenvalue weighted by Gasteiger charge is -2.20. The third-order valence-corrected chi connectivity index (χ3v) is 6.16. The standard InChI is InChI=1S/C21H25N3O2S2/c1-13-6-7-15(10-14(13)2)11-24-19(26)18-16(8-9-27-18)22-20(24)28-12-17(25)23-21(3,4)5/h6-10H,11-12H2,1-5H3,(H,23,25). The van der Waals surface area contributed by atoms with E-state index in [1.807, 2.05) is 38.3 Å². The Morgan fingerprint density at radius 1 is 1.21 bits per heavy atom. The molecule has 0 bridgehead atoms. The van der Waals surface area contributed by atoms with Gasteiger partial charge < -0.3 is 5.32 Å². The minimum atomic E-state index is -0.290. The number of amides is 1. The van der Waals surface area contributed by atoms with Crippen LogP contribution in [0.15, 0.2) is 39.6 Å². The summed E-state index contributed by atoms with van der Waals surface area (Å²) in [6.45, 7) is 10.4. The second kappa shape index (κ2) is 8.09. The largest absolute Gasteiger partial charge is 0.351 e. The number of aromatic nitrogens is 2. The van der Waals surface area contributed by atoms with E-state index in [0.29, 0.717) is 21.9 Å². The second-order valence-corrected chi connectivity index (χ2v) is 9.78. The Morgan fingerprint density at radius 2 is 1.96 bits per heavy atom. The Hall–Kier alpha value is -2.12. The summed E-state index contributed by atoms with van der Waals surface area (Å²) in [7, 11) is 0. The molecule has 0 radical (unpaired) electrons. The average molecular weight is 416 g/mol. The van der Waals surface area contributed by atoms with Gasteiger partial charge in [0.2, 0.25) is 5.91 Å². The molecule has 0 saturated heterocycles. The zero-order valence-electron chi connectivity index (χ0n) is 16.8. The number of aryl methyl sites for hydroxylation is 2. The Labute approximate surface area is 173 Å². The fourth-order valence-electron chi connectivity index (χ4n) is 2.84. The van der Waals surface area contributed by atoms with Gasteiger partial charge >= 0.3 is 0 Å². The number of thiophene rings is 1. The fourth-order valence-corrected chi connectivity index (χ4v) is 4.42. The van der Waals surface area contributed by atoms with Crippen molar-refractivity contribution in [2.75, 3.05) is 5.75 Å². The highest BCUT2D eigenvalue weighted by molar-refractivity contribution is 7.99. The topological polar surface area (TPSA) is 64.0 Å². The number of hydrogen-bond acceptors (Lipinski definition) is 5. The van der Waals surface area contributed by atoms with Crippen LogP contribution in [0.5, 0.6) is 0 Å². The van der Waals surface area contributed by atoms with Crippen LogP contribution in [0.2, 0.25) is 0 Å². The van der Waals surface area contributed by atoms with E-state index in [9.17, 15) is 9.59 Å². The lowest BCUT2D eigenvalue weighted by molar-refractivity contribution is -0.119. The van der Waals surface area contributed by atoms with Gasteiger partial charge in [-0.2, -0.15) is 0 Å². The SMILES string of the molecule is Cc1ccc(Cn2c(SCC(=O)NC(C)(C)C)nc3ccsc3c2=O)cc1C. The highest BCUT2D eigenvalue weighted by atomic mass is 32.2. The Morgan fingerprint density at radius 3 is 2.64 bits per heavy atom. The third-order valence-electron chi connectivity index (χ3n) is 4.29. The van der Waals surface area contributed by atoms with Gasteiger partial charge in [0.25, 0.3) is 5.56 Å². The fraction of sp³-hybridized carbons (Fsp3) is 0.381. The molecule has 1 N–H and O–H groups in total. The maximum atomic E-state index is 13.1. The highest BCUT2D eigenvalue weighted by Gasteiger charge is 2.17. The number of carbonyl (C=O) groups is 1. The summed E-state index contributed by atoms with van der Waals surface area (Å²) in [6, 6.07) is 8.05. The molecular formula is C21H25N3O2S2. The number of benzene rings is 1. The zero-order valence-corrected chi connectivity index (χ0v) is 18.5. The molecule has 28 heavy (non-hydrogen) atoms. The third kappa shape index (κ3) is 4.83. The first-order chi connectivity index (χ1) is 13.1. The van der Waals surface area contributed by atoms with Crippen molar-refractivity contribution in [1.29, 1.82) is 0 Å². The molecular weight excluding hydrogens is 390 g/mol. The van der Waals surface area contributed by atoms with Gasteiger partial charge in [-0.15, -0.1) is 11.3 Å². The molecule has 0 aliphatic rings. The predicted octanol–water partition coefficient (Wildman–Crippen LogP) is 4.13. The molecule has 1 amide bonds. The Kier molecular flexibility index (Phi) is 5.95. The first kappa shape index (κ1) is 20.6. The molecule has 0 atom stereocenters. The molecule has 5 nitrogen and oxygen atoms in total. The van der Waals surface area contributed by atoms with E-state index in [0.717, 1.165) is 5.56 Å². The van der Waals surface area contributed by atoms with Crippen molar-refractivity contribution in [3.8, 4) is 0 Å². The van der Waals surface area contributed by atoms with Gasteiger partial charge in [0.05, 0.1) is 17.8 Å². The number of hydrogen-bond donors (Lipinski definition) is 1. The number of fused-ring (bicyclic) bond motifs is 1. The summed E-state index contributed by atoms with van der Waals surface area (Å²) in [6.07, 6.45) is 0. The predicted molar refractivity (Wildman–Crippen MR) is 118 cm³/mol. The summed E-state index contributed by atoms with van der Waals surface area (Å²) < 4.78 is 2.32. The van der Waals surface area contributed by atoms with Crippen LogP contribution in [0.25, 0.3) is 10.2 Å². The minimum Gasteiger partial charge on any atom is -0.351 e. The molecule has 0 aliphatic heterocycles. The summed E-state index contributed by atoms with van der Waals surface area (Å²) in [5.74, 6) is 0.140. The van der Waals surface area contributed by atoms with Gasteiger partial charge in [0, 0.05) is 5.54 Å². The molecule has 0 fully saturated rings. The number of nitrogens with zero attached hydrogens (tertiary/aromatic N) is 2. The van der Waals surface area contributed by atoms with Gasteiger partial charge in [-0.1, -0.05) is 30.0 Å². The van der Waals surface area contributed by atoms with Crippen LogP contribution in [0, 0.1) is 13.8 Å². The van der Waals surface area contributed by atoms with Crippen molar-refractivity contribution in [1.82, 2.24) is 14.9 Å². The molecule has 0 aliphatic carbocycles. The van der Waals surface area contributed by atoms with Crippen molar-refractivity contribution in [2.45, 2.75) is 51.9 Å². The monoisotopic (exact) mass is 415 g/mol. The van der Waals surface area contributed by atoms with Crippen molar-refractivity contribution >= 4 is 39.2 Å². The van der Waals surface area contributed by atoms with E-state index in [4.69, 9.17) is 0 Å². The molecule has 2 heterocycles. The van der Waals surface area contributed by atoms with Crippen LogP contribution in [0.4, 0.5) is 0 Å². The van der Waals surface area contributed by atoms with Crippen LogP contribution in [0.1, 0.15) is 37.5 Å². The number of carbonyl (C=O) groups excluding carboxylic acids is 1. The smallest absolute Gasteiger partial charge is 0.272 e. The maximum Gasteiger partial charge on any atom is 0.272 e. The van der Waals surface area contributed by atoms with Crippen molar-refractivity contribution in [3.05, 3.63) is 56.7 Å². The van der Waals surface area contributed by atoms with Crippen LogP contribution in [0.3, 0.4) is 0 Å². The summed E-state index contributed by atoms with van der Waals surface area (Å²) >= 11 is 2.70. The minimum absolute atomic E-state index is 0.0584. The van der Waals surface area contributed by atoms with Crippen molar-refractivity contribution < 1.29 is 4.79 Å². The van der Waals surface area contributed by atoms with Crippen LogP contribution in [-0.2, 0) is 11.3 Å². The first-order valence-electron chi connectivity index (χ1n) is 9.12. The van der Waals surface area contributed by atoms with Gasteiger partial charge in [0.15, 0.2) is 5.16 Å². The molecule has 1 aromatic carbocycles. The van der Waals surface area contributed by atoms with Gasteiger partial charge in [-0.05, 0) is 62.8 Å². The molecule has 0 saturated carbocycles. The van der Waals surface area contributed by atoms with Crippen molar-refractivity contribution in [3.63, 3.8) is 0 Å². The van der Waals surface area contributed by atoms with E-state index in [2.05, 4.69) is 36.3 Å². The summed E-state index contributed by atoms with van der Waals surface area (Å²) in [5, 5.41) is 5.39. The number of nitrogens with one attached hydrogen (secondary N) is 1. The summed E-state index contributed by atoms with van der Waals surface area (Å²) in [5.41, 5.74) is 3.79. The first-order valence-corrected chi connectivity index (χ1v) is 11.0.